The molecule has 1 aromatic rings. The highest BCUT2D eigenvalue weighted by molar-refractivity contribution is 5.29. The Morgan fingerprint density at radius 2 is 2.06 bits per heavy atom. The van der Waals surface area contributed by atoms with E-state index in [0.29, 0.717) is 11.8 Å². The van der Waals surface area contributed by atoms with Gasteiger partial charge in [-0.1, -0.05) is 18.6 Å². The molecule has 0 radical (unpaired) electrons. The van der Waals surface area contributed by atoms with Crippen molar-refractivity contribution in [3.63, 3.8) is 0 Å². The Balaban J connectivity index is 2.15. The minimum atomic E-state index is 0.362. The molecule has 1 saturated heterocycles. The predicted molar refractivity (Wildman–Crippen MR) is 70.2 cm³/mol. The molecule has 1 unspecified atom stereocenters. The zero-order valence-corrected chi connectivity index (χ0v) is 10.5. The first-order valence-electron chi connectivity index (χ1n) is 6.49. The monoisotopic (exact) mass is 234 g/mol. The molecule has 0 spiro atoms. The fourth-order valence-electron chi connectivity index (χ4n) is 2.61. The van der Waals surface area contributed by atoms with E-state index in [9.17, 15) is 5.11 Å². The molecule has 17 heavy (non-hydrogen) atoms. The minimum Gasteiger partial charge on any atom is -0.508 e. The molecule has 1 aromatic carbocycles. The van der Waals surface area contributed by atoms with E-state index in [1.807, 2.05) is 19.2 Å². The van der Waals surface area contributed by atoms with Crippen LogP contribution >= 0.6 is 0 Å². The topological polar surface area (TPSA) is 35.5 Å². The van der Waals surface area contributed by atoms with Crippen molar-refractivity contribution in [3.8, 4) is 5.75 Å². The number of aromatic hydroxyl groups is 1. The molecule has 0 aliphatic carbocycles. The zero-order valence-electron chi connectivity index (χ0n) is 10.5. The number of hydrogen-bond donors (Lipinski definition) is 2. The van der Waals surface area contributed by atoms with Gasteiger partial charge in [0.1, 0.15) is 5.75 Å². The fourth-order valence-corrected chi connectivity index (χ4v) is 2.61. The van der Waals surface area contributed by atoms with Gasteiger partial charge < -0.3 is 10.4 Å². The lowest BCUT2D eigenvalue weighted by Crippen LogP contribution is -2.38. The van der Waals surface area contributed by atoms with Gasteiger partial charge in [0.25, 0.3) is 0 Å². The summed E-state index contributed by atoms with van der Waals surface area (Å²) in [4.78, 5) is 2.52. The third-order valence-electron chi connectivity index (χ3n) is 3.48. The van der Waals surface area contributed by atoms with Gasteiger partial charge in [0.2, 0.25) is 0 Å². The van der Waals surface area contributed by atoms with E-state index in [1.165, 1.54) is 37.9 Å². The molecule has 1 aliphatic rings. The van der Waals surface area contributed by atoms with E-state index in [2.05, 4.69) is 16.3 Å². The summed E-state index contributed by atoms with van der Waals surface area (Å²) < 4.78 is 0. The van der Waals surface area contributed by atoms with E-state index in [0.717, 1.165) is 6.54 Å². The molecule has 0 amide bonds. The molecule has 0 bridgehead atoms. The highest BCUT2D eigenvalue weighted by Crippen LogP contribution is 2.26. The second-order valence-electron chi connectivity index (χ2n) is 4.77. The summed E-state index contributed by atoms with van der Waals surface area (Å²) in [5.41, 5.74) is 1.21. The summed E-state index contributed by atoms with van der Waals surface area (Å²) in [5, 5.41) is 12.8. The number of likely N-dealkylation sites (N-methyl/N-ethyl adjacent to an activating group) is 1. The van der Waals surface area contributed by atoms with Crippen molar-refractivity contribution in [2.75, 3.05) is 26.7 Å². The van der Waals surface area contributed by atoms with E-state index < -0.39 is 0 Å². The standard InChI is InChI=1S/C14H22N2O/c1-15-11-14(16-8-3-2-4-9-16)12-6-5-7-13(17)10-12/h5-7,10,14-15,17H,2-4,8-9,11H2,1H3. The highest BCUT2D eigenvalue weighted by Gasteiger charge is 2.21. The molecule has 3 nitrogen and oxygen atoms in total. The van der Waals surface area contributed by atoms with Crippen LogP contribution in [0.25, 0.3) is 0 Å². The van der Waals surface area contributed by atoms with Gasteiger partial charge >= 0.3 is 0 Å². The lowest BCUT2D eigenvalue weighted by molar-refractivity contribution is 0.162. The van der Waals surface area contributed by atoms with Crippen molar-refractivity contribution < 1.29 is 5.11 Å². The van der Waals surface area contributed by atoms with E-state index in [-0.39, 0.29) is 0 Å². The molecule has 2 rings (SSSR count). The second-order valence-corrected chi connectivity index (χ2v) is 4.77. The first kappa shape index (κ1) is 12.4. The Kier molecular flexibility index (Phi) is 4.40. The third kappa shape index (κ3) is 3.20. The first-order valence-corrected chi connectivity index (χ1v) is 6.49. The lowest BCUT2D eigenvalue weighted by Gasteiger charge is -2.34. The van der Waals surface area contributed by atoms with Crippen LogP contribution in [-0.2, 0) is 0 Å². The Labute approximate surface area is 103 Å². The first-order chi connectivity index (χ1) is 8.31. The lowest BCUT2D eigenvalue weighted by atomic mass is 10.0. The summed E-state index contributed by atoms with van der Waals surface area (Å²) in [5.74, 6) is 0.362. The number of hydrogen-bond acceptors (Lipinski definition) is 3. The van der Waals surface area contributed by atoms with Crippen LogP contribution in [0.15, 0.2) is 24.3 Å². The fraction of sp³-hybridized carbons (Fsp3) is 0.571. The zero-order chi connectivity index (χ0) is 12.1. The Morgan fingerprint density at radius 3 is 2.71 bits per heavy atom. The highest BCUT2D eigenvalue weighted by atomic mass is 16.3. The van der Waals surface area contributed by atoms with E-state index >= 15 is 0 Å². The van der Waals surface area contributed by atoms with Gasteiger partial charge in [-0.05, 0) is 50.7 Å². The molecule has 1 heterocycles. The van der Waals surface area contributed by atoms with Crippen LogP contribution in [0.1, 0.15) is 30.9 Å². The molecule has 0 saturated carbocycles. The maximum absolute atomic E-state index is 9.59. The number of nitrogens with zero attached hydrogens (tertiary/aromatic N) is 1. The van der Waals surface area contributed by atoms with Gasteiger partial charge in [-0.25, -0.2) is 0 Å². The SMILES string of the molecule is CNCC(c1cccc(O)c1)N1CCCCC1. The Bertz CT molecular complexity index is 348. The number of rotatable bonds is 4. The summed E-state index contributed by atoms with van der Waals surface area (Å²) >= 11 is 0. The minimum absolute atomic E-state index is 0.362. The Morgan fingerprint density at radius 1 is 1.29 bits per heavy atom. The van der Waals surface area contributed by atoms with E-state index in [1.54, 1.807) is 6.07 Å². The van der Waals surface area contributed by atoms with Crippen LogP contribution in [0.4, 0.5) is 0 Å². The number of likely N-dealkylation sites (tertiary alicyclic amines) is 1. The average Bonchev–Trinajstić information content (AvgIpc) is 2.37. The van der Waals surface area contributed by atoms with Gasteiger partial charge in [0.15, 0.2) is 0 Å². The number of nitrogens with one attached hydrogen (secondary N) is 1. The van der Waals surface area contributed by atoms with Crippen molar-refractivity contribution in [2.24, 2.45) is 0 Å². The van der Waals surface area contributed by atoms with Gasteiger partial charge in [-0.2, -0.15) is 0 Å². The average molecular weight is 234 g/mol. The van der Waals surface area contributed by atoms with Gasteiger partial charge in [-0.3, -0.25) is 4.90 Å². The molecular weight excluding hydrogens is 212 g/mol. The molecule has 0 aromatic heterocycles. The largest absolute Gasteiger partial charge is 0.508 e. The maximum Gasteiger partial charge on any atom is 0.115 e. The van der Waals surface area contributed by atoms with Crippen molar-refractivity contribution in [3.05, 3.63) is 29.8 Å². The summed E-state index contributed by atoms with van der Waals surface area (Å²) in [6, 6.07) is 8.03. The van der Waals surface area contributed by atoms with Crippen LogP contribution in [0.2, 0.25) is 0 Å². The molecule has 94 valence electrons. The molecule has 1 fully saturated rings. The van der Waals surface area contributed by atoms with Crippen LogP contribution in [0.3, 0.4) is 0 Å². The van der Waals surface area contributed by atoms with Crippen molar-refractivity contribution >= 4 is 0 Å². The molecule has 1 aliphatic heterocycles. The summed E-state index contributed by atoms with van der Waals surface area (Å²) in [6.07, 6.45) is 3.93. The van der Waals surface area contributed by atoms with E-state index in [4.69, 9.17) is 0 Å². The van der Waals surface area contributed by atoms with Crippen molar-refractivity contribution in [1.29, 1.82) is 0 Å². The molecule has 2 N–H and O–H groups in total. The summed E-state index contributed by atoms with van der Waals surface area (Å²) in [6.45, 7) is 3.27. The van der Waals surface area contributed by atoms with Gasteiger partial charge in [0.05, 0.1) is 0 Å². The normalized spacial score (nSPS) is 19.1. The maximum atomic E-state index is 9.59. The van der Waals surface area contributed by atoms with Gasteiger partial charge in [0, 0.05) is 12.6 Å². The van der Waals surface area contributed by atoms with Crippen LogP contribution < -0.4 is 5.32 Å². The van der Waals surface area contributed by atoms with Crippen LogP contribution in [-0.4, -0.2) is 36.7 Å². The molecule has 3 heteroatoms. The number of benzene rings is 1. The smallest absolute Gasteiger partial charge is 0.115 e. The number of phenolic OH excluding ortho intramolecular Hbond substituents is 1. The van der Waals surface area contributed by atoms with Crippen LogP contribution in [0, 0.1) is 0 Å². The third-order valence-corrected chi connectivity index (χ3v) is 3.48. The quantitative estimate of drug-likeness (QED) is 0.838. The van der Waals surface area contributed by atoms with Crippen LogP contribution in [0.5, 0.6) is 5.75 Å². The van der Waals surface area contributed by atoms with Crippen molar-refractivity contribution in [1.82, 2.24) is 10.2 Å². The number of phenols is 1. The molecule has 1 atom stereocenters. The Hall–Kier alpha value is -1.06. The van der Waals surface area contributed by atoms with Gasteiger partial charge in [-0.15, -0.1) is 0 Å². The number of piperidine rings is 1. The molecular formula is C14H22N2O. The second kappa shape index (κ2) is 6.03. The predicted octanol–water partition coefficient (Wildman–Crippen LogP) is 2.14. The van der Waals surface area contributed by atoms with Crippen molar-refractivity contribution in [2.45, 2.75) is 25.3 Å². The summed E-state index contributed by atoms with van der Waals surface area (Å²) in [7, 11) is 1.99.